The SMILES string of the molecule is O=C(NC1CCCOC1)c1cccc2cnc(NC3CCC(O)CC3)nc12. The van der Waals surface area contributed by atoms with Crippen molar-refractivity contribution in [1.82, 2.24) is 15.3 Å². The van der Waals surface area contributed by atoms with Crippen LogP contribution in [0, 0.1) is 0 Å². The number of aromatic nitrogens is 2. The van der Waals surface area contributed by atoms with E-state index in [9.17, 15) is 9.90 Å². The van der Waals surface area contributed by atoms with Gasteiger partial charge in [-0.2, -0.15) is 0 Å². The molecule has 0 radical (unpaired) electrons. The van der Waals surface area contributed by atoms with Crippen LogP contribution in [0.15, 0.2) is 24.4 Å². The fraction of sp³-hybridized carbons (Fsp3) is 0.550. The maximum atomic E-state index is 12.8. The number of anilines is 1. The third-order valence-electron chi connectivity index (χ3n) is 5.38. The largest absolute Gasteiger partial charge is 0.393 e. The minimum atomic E-state index is -0.195. The Morgan fingerprint density at radius 1 is 1.15 bits per heavy atom. The number of hydrogen-bond acceptors (Lipinski definition) is 6. The maximum absolute atomic E-state index is 12.8. The molecule has 2 fully saturated rings. The van der Waals surface area contributed by atoms with Gasteiger partial charge < -0.3 is 20.5 Å². The molecule has 1 aliphatic carbocycles. The van der Waals surface area contributed by atoms with E-state index >= 15 is 0 Å². The van der Waals surface area contributed by atoms with Crippen molar-refractivity contribution in [3.8, 4) is 0 Å². The van der Waals surface area contributed by atoms with E-state index in [0.29, 0.717) is 23.6 Å². The van der Waals surface area contributed by atoms with Crippen LogP contribution < -0.4 is 10.6 Å². The lowest BCUT2D eigenvalue weighted by Gasteiger charge is -2.26. The molecule has 0 bridgehead atoms. The minimum absolute atomic E-state index is 0.0506. The van der Waals surface area contributed by atoms with Crippen molar-refractivity contribution in [3.05, 3.63) is 30.0 Å². The number of nitrogens with zero attached hydrogens (tertiary/aromatic N) is 2. The first-order valence-electron chi connectivity index (χ1n) is 9.78. The molecule has 2 aromatic rings. The quantitative estimate of drug-likeness (QED) is 0.764. The Morgan fingerprint density at radius 2 is 2.00 bits per heavy atom. The highest BCUT2D eigenvalue weighted by Crippen LogP contribution is 2.23. The van der Waals surface area contributed by atoms with E-state index in [0.717, 1.165) is 50.5 Å². The van der Waals surface area contributed by atoms with Gasteiger partial charge in [-0.25, -0.2) is 9.97 Å². The zero-order valence-corrected chi connectivity index (χ0v) is 15.4. The maximum Gasteiger partial charge on any atom is 0.253 e. The number of para-hydroxylation sites is 1. The van der Waals surface area contributed by atoms with Crippen LogP contribution in [0.3, 0.4) is 0 Å². The summed E-state index contributed by atoms with van der Waals surface area (Å²) < 4.78 is 5.45. The molecule has 144 valence electrons. The average molecular weight is 370 g/mol. The molecule has 3 N–H and O–H groups in total. The van der Waals surface area contributed by atoms with Crippen molar-refractivity contribution in [2.75, 3.05) is 18.5 Å². The van der Waals surface area contributed by atoms with Gasteiger partial charge in [0.05, 0.1) is 29.8 Å². The Labute approximate surface area is 158 Å². The predicted octanol–water partition coefficient (Wildman–Crippen LogP) is 2.25. The number of aliphatic hydroxyl groups excluding tert-OH is 1. The number of amides is 1. The van der Waals surface area contributed by atoms with Gasteiger partial charge in [-0.3, -0.25) is 4.79 Å². The summed E-state index contributed by atoms with van der Waals surface area (Å²) in [4.78, 5) is 21.8. The summed E-state index contributed by atoms with van der Waals surface area (Å²) in [5.74, 6) is 0.409. The van der Waals surface area contributed by atoms with Crippen LogP contribution in [0.2, 0.25) is 0 Å². The molecule has 2 heterocycles. The van der Waals surface area contributed by atoms with Gasteiger partial charge in [0.1, 0.15) is 0 Å². The first-order valence-corrected chi connectivity index (χ1v) is 9.78. The average Bonchev–Trinajstić information content (AvgIpc) is 2.70. The Bertz CT molecular complexity index is 799. The minimum Gasteiger partial charge on any atom is -0.393 e. The van der Waals surface area contributed by atoms with Crippen LogP contribution >= 0.6 is 0 Å². The van der Waals surface area contributed by atoms with Crippen LogP contribution in [-0.4, -0.2) is 52.4 Å². The van der Waals surface area contributed by atoms with Crippen LogP contribution in [0.25, 0.3) is 10.9 Å². The molecule has 1 aliphatic heterocycles. The van der Waals surface area contributed by atoms with E-state index in [1.807, 2.05) is 12.1 Å². The molecule has 1 aromatic heterocycles. The van der Waals surface area contributed by atoms with Gasteiger partial charge in [0.2, 0.25) is 5.95 Å². The lowest BCUT2D eigenvalue weighted by atomic mass is 9.93. The molecule has 1 amide bonds. The molecule has 1 atom stereocenters. The van der Waals surface area contributed by atoms with E-state index in [2.05, 4.69) is 20.6 Å². The van der Waals surface area contributed by atoms with Crippen LogP contribution in [0.4, 0.5) is 5.95 Å². The Hall–Kier alpha value is -2.25. The summed E-state index contributed by atoms with van der Waals surface area (Å²) in [6.45, 7) is 1.33. The molecular formula is C20H26N4O3. The summed E-state index contributed by atoms with van der Waals surface area (Å²) in [5, 5.41) is 16.9. The lowest BCUT2D eigenvalue weighted by Crippen LogP contribution is -2.40. The first-order chi connectivity index (χ1) is 13.2. The third kappa shape index (κ3) is 4.36. The second-order valence-electron chi connectivity index (χ2n) is 7.47. The van der Waals surface area contributed by atoms with Crippen molar-refractivity contribution in [2.45, 2.75) is 56.7 Å². The van der Waals surface area contributed by atoms with Crippen LogP contribution in [0.1, 0.15) is 48.9 Å². The van der Waals surface area contributed by atoms with Crippen molar-refractivity contribution in [2.24, 2.45) is 0 Å². The number of aliphatic hydroxyl groups is 1. The molecule has 1 unspecified atom stereocenters. The monoisotopic (exact) mass is 370 g/mol. The van der Waals surface area contributed by atoms with Gasteiger partial charge in [0.15, 0.2) is 0 Å². The van der Waals surface area contributed by atoms with Crippen molar-refractivity contribution < 1.29 is 14.6 Å². The summed E-state index contributed by atoms with van der Waals surface area (Å²) >= 11 is 0. The normalized spacial score (nSPS) is 25.9. The fourth-order valence-corrected chi connectivity index (χ4v) is 3.83. The highest BCUT2D eigenvalue weighted by Gasteiger charge is 2.21. The molecule has 0 spiro atoms. The molecule has 27 heavy (non-hydrogen) atoms. The molecule has 1 saturated heterocycles. The number of nitrogens with one attached hydrogen (secondary N) is 2. The van der Waals surface area contributed by atoms with Gasteiger partial charge >= 0.3 is 0 Å². The van der Waals surface area contributed by atoms with Gasteiger partial charge in [-0.05, 0) is 44.6 Å². The molecule has 4 rings (SSSR count). The lowest BCUT2D eigenvalue weighted by molar-refractivity contribution is 0.0625. The molecular weight excluding hydrogens is 344 g/mol. The number of rotatable bonds is 4. The Morgan fingerprint density at radius 3 is 2.78 bits per heavy atom. The van der Waals surface area contributed by atoms with E-state index in [4.69, 9.17) is 4.74 Å². The number of carbonyl (C=O) groups is 1. The summed E-state index contributed by atoms with van der Waals surface area (Å²) in [5.41, 5.74) is 1.21. The number of hydrogen-bond donors (Lipinski definition) is 3. The highest BCUT2D eigenvalue weighted by molar-refractivity contribution is 6.05. The van der Waals surface area contributed by atoms with Gasteiger partial charge in [0, 0.05) is 24.2 Å². The zero-order chi connectivity index (χ0) is 18.6. The summed E-state index contributed by atoms with van der Waals surface area (Å²) in [6, 6.07) is 5.88. The Kier molecular flexibility index (Phi) is 5.50. The van der Waals surface area contributed by atoms with Crippen LogP contribution in [-0.2, 0) is 4.74 Å². The van der Waals surface area contributed by atoms with Gasteiger partial charge in [-0.1, -0.05) is 12.1 Å². The first kappa shape index (κ1) is 18.1. The topological polar surface area (TPSA) is 96.4 Å². The molecule has 7 heteroatoms. The number of fused-ring (bicyclic) bond motifs is 1. The third-order valence-corrected chi connectivity index (χ3v) is 5.38. The van der Waals surface area contributed by atoms with Crippen molar-refractivity contribution in [1.29, 1.82) is 0 Å². The van der Waals surface area contributed by atoms with Crippen molar-refractivity contribution >= 4 is 22.8 Å². The van der Waals surface area contributed by atoms with E-state index in [1.54, 1.807) is 12.3 Å². The zero-order valence-electron chi connectivity index (χ0n) is 15.4. The number of ether oxygens (including phenoxy) is 1. The number of benzene rings is 1. The predicted molar refractivity (Wildman–Crippen MR) is 103 cm³/mol. The molecule has 1 saturated carbocycles. The second-order valence-corrected chi connectivity index (χ2v) is 7.47. The number of carbonyl (C=O) groups excluding carboxylic acids is 1. The highest BCUT2D eigenvalue weighted by atomic mass is 16.5. The summed E-state index contributed by atoms with van der Waals surface area (Å²) in [6.07, 6.45) is 6.84. The van der Waals surface area contributed by atoms with E-state index < -0.39 is 0 Å². The molecule has 7 nitrogen and oxygen atoms in total. The Balaban J connectivity index is 1.52. The standard InChI is InChI=1S/C20H26N4O3/c25-16-8-6-14(7-9-16)23-20-21-11-13-3-1-5-17(18(13)24-20)19(26)22-15-4-2-10-27-12-15/h1,3,5,11,14-16,25H,2,4,6-10,12H2,(H,22,26)(H,21,23,24). The van der Waals surface area contributed by atoms with E-state index in [1.165, 1.54) is 0 Å². The van der Waals surface area contributed by atoms with Gasteiger partial charge in [0.25, 0.3) is 5.91 Å². The van der Waals surface area contributed by atoms with Crippen LogP contribution in [0.5, 0.6) is 0 Å². The molecule has 1 aromatic carbocycles. The van der Waals surface area contributed by atoms with Gasteiger partial charge in [-0.15, -0.1) is 0 Å². The van der Waals surface area contributed by atoms with Crippen molar-refractivity contribution in [3.63, 3.8) is 0 Å². The smallest absolute Gasteiger partial charge is 0.253 e. The summed E-state index contributed by atoms with van der Waals surface area (Å²) in [7, 11) is 0. The molecule has 2 aliphatic rings. The van der Waals surface area contributed by atoms with E-state index in [-0.39, 0.29) is 24.1 Å². The second kappa shape index (κ2) is 8.19. The fourth-order valence-electron chi connectivity index (χ4n) is 3.83.